The Hall–Kier alpha value is -4.55. The number of fused-ring (bicyclic) bond motifs is 4. The van der Waals surface area contributed by atoms with Crippen molar-refractivity contribution in [3.63, 3.8) is 0 Å². The van der Waals surface area contributed by atoms with E-state index in [0.29, 0.717) is 4.91 Å². The van der Waals surface area contributed by atoms with E-state index in [9.17, 15) is 9.59 Å². The first-order valence-corrected chi connectivity index (χ1v) is 12.8. The van der Waals surface area contributed by atoms with Crippen LogP contribution >= 0.6 is 11.8 Å². The van der Waals surface area contributed by atoms with E-state index < -0.39 is 0 Å². The topological polar surface area (TPSA) is 63.2 Å². The molecular weight excluding hydrogens is 478 g/mol. The molecule has 0 saturated carbocycles. The zero-order valence-corrected chi connectivity index (χ0v) is 20.4. The molecule has 6 heteroatoms. The molecule has 0 unspecified atom stereocenters. The molecule has 4 aromatic carbocycles. The Morgan fingerprint density at radius 1 is 0.622 bits per heavy atom. The number of para-hydroxylation sites is 4. The van der Waals surface area contributed by atoms with Crippen LogP contribution in [0, 0.1) is 0 Å². The molecule has 0 atom stereocenters. The summed E-state index contributed by atoms with van der Waals surface area (Å²) in [6.07, 6.45) is 1.85. The molecule has 37 heavy (non-hydrogen) atoms. The number of nitrogens with zero attached hydrogens (tertiary/aromatic N) is 3. The minimum Gasteiger partial charge on any atom is -0.268 e. The largest absolute Gasteiger partial charge is 0.293 e. The maximum atomic E-state index is 13.7. The third-order valence-electron chi connectivity index (χ3n) is 6.79. The maximum Gasteiger partial charge on any atom is 0.293 e. The van der Waals surface area contributed by atoms with Gasteiger partial charge in [-0.3, -0.25) is 14.5 Å². The monoisotopic (exact) mass is 497 g/mol. The van der Waals surface area contributed by atoms with Gasteiger partial charge in [-0.05, 0) is 53.2 Å². The Balaban J connectivity index is 1.35. The summed E-state index contributed by atoms with van der Waals surface area (Å²) in [5.41, 5.74) is 5.20. The molecule has 0 spiro atoms. The van der Waals surface area contributed by atoms with Crippen LogP contribution in [0.1, 0.15) is 11.1 Å². The second-order valence-corrected chi connectivity index (χ2v) is 9.95. The van der Waals surface area contributed by atoms with Crippen molar-refractivity contribution in [2.45, 2.75) is 6.54 Å². The van der Waals surface area contributed by atoms with E-state index in [1.165, 1.54) is 4.90 Å². The Morgan fingerprint density at radius 2 is 1.05 bits per heavy atom. The van der Waals surface area contributed by atoms with Crippen LogP contribution in [-0.2, 0) is 11.3 Å². The van der Waals surface area contributed by atoms with Crippen LogP contribution in [0.25, 0.3) is 49.7 Å². The number of thioether (sulfide) groups is 1. The molecule has 1 aliphatic heterocycles. The zero-order chi connectivity index (χ0) is 24.9. The summed E-state index contributed by atoms with van der Waals surface area (Å²) in [6, 6.07) is 31.4. The molecule has 0 N–H and O–H groups in total. The number of pyridine rings is 2. The lowest BCUT2D eigenvalue weighted by molar-refractivity contribution is -0.123. The van der Waals surface area contributed by atoms with Crippen molar-refractivity contribution in [1.29, 1.82) is 0 Å². The highest BCUT2D eigenvalue weighted by Gasteiger charge is 2.36. The molecule has 1 fully saturated rings. The van der Waals surface area contributed by atoms with Crippen molar-refractivity contribution in [2.75, 3.05) is 0 Å². The van der Waals surface area contributed by atoms with Crippen molar-refractivity contribution in [1.82, 2.24) is 14.9 Å². The highest BCUT2D eigenvalue weighted by Crippen LogP contribution is 2.38. The van der Waals surface area contributed by atoms with Gasteiger partial charge in [0.05, 0.1) is 33.5 Å². The van der Waals surface area contributed by atoms with Crippen LogP contribution < -0.4 is 0 Å². The van der Waals surface area contributed by atoms with Gasteiger partial charge < -0.3 is 0 Å². The van der Waals surface area contributed by atoms with E-state index in [0.717, 1.165) is 66.5 Å². The van der Waals surface area contributed by atoms with Crippen LogP contribution in [0.4, 0.5) is 4.79 Å². The van der Waals surface area contributed by atoms with E-state index in [1.807, 2.05) is 103 Å². The highest BCUT2D eigenvalue weighted by atomic mass is 32.2. The first-order valence-electron chi connectivity index (χ1n) is 12.0. The third kappa shape index (κ3) is 3.57. The Morgan fingerprint density at radius 3 is 1.57 bits per heavy atom. The number of benzene rings is 4. The molecular formula is C31H19N3O2S. The van der Waals surface area contributed by atoms with Gasteiger partial charge in [0.25, 0.3) is 11.1 Å². The van der Waals surface area contributed by atoms with Gasteiger partial charge in [-0.1, -0.05) is 72.8 Å². The molecule has 6 aromatic rings. The van der Waals surface area contributed by atoms with E-state index in [2.05, 4.69) is 0 Å². The SMILES string of the molecule is O=C1S/C(=C\c2c3ccccc3nc3ccccc23)C(=O)N1Cc1c2ccccc2nc2ccccc12. The van der Waals surface area contributed by atoms with Crippen molar-refractivity contribution >= 4 is 72.6 Å². The Kier molecular flexibility index (Phi) is 5.01. The predicted octanol–water partition coefficient (Wildman–Crippen LogP) is 7.33. The normalized spacial score (nSPS) is 15.1. The van der Waals surface area contributed by atoms with Gasteiger partial charge in [0.1, 0.15) is 0 Å². The first kappa shape index (κ1) is 21.7. The van der Waals surface area contributed by atoms with Crippen LogP contribution in [0.5, 0.6) is 0 Å². The van der Waals surface area contributed by atoms with Gasteiger partial charge >= 0.3 is 0 Å². The summed E-state index contributed by atoms with van der Waals surface area (Å²) in [6.45, 7) is 0.184. The number of amides is 2. The van der Waals surface area contributed by atoms with E-state index >= 15 is 0 Å². The van der Waals surface area contributed by atoms with Gasteiger partial charge in [-0.2, -0.15) is 0 Å². The molecule has 0 radical (unpaired) electrons. The fraction of sp³-hybridized carbons (Fsp3) is 0.0323. The Labute approximate surface area is 216 Å². The fourth-order valence-corrected chi connectivity index (χ4v) is 5.87. The molecule has 2 aromatic heterocycles. The van der Waals surface area contributed by atoms with Gasteiger partial charge in [-0.15, -0.1) is 0 Å². The van der Waals surface area contributed by atoms with Crippen LogP contribution in [0.3, 0.4) is 0 Å². The lowest BCUT2D eigenvalue weighted by Gasteiger charge is -2.16. The number of carbonyl (C=O) groups excluding carboxylic acids is 2. The van der Waals surface area contributed by atoms with Crippen molar-refractivity contribution in [2.24, 2.45) is 0 Å². The first-order chi connectivity index (χ1) is 18.2. The number of aromatic nitrogens is 2. The van der Waals surface area contributed by atoms with Gasteiger partial charge in [-0.25, -0.2) is 9.97 Å². The van der Waals surface area contributed by atoms with Crippen molar-refractivity contribution in [3.05, 3.63) is 113 Å². The van der Waals surface area contributed by atoms with Gasteiger partial charge in [0.2, 0.25) is 0 Å². The van der Waals surface area contributed by atoms with Gasteiger partial charge in [0, 0.05) is 21.5 Å². The zero-order valence-electron chi connectivity index (χ0n) is 19.6. The average Bonchev–Trinajstić information content (AvgIpc) is 3.20. The molecule has 176 valence electrons. The average molecular weight is 498 g/mol. The number of hydrogen-bond acceptors (Lipinski definition) is 5. The summed E-state index contributed by atoms with van der Waals surface area (Å²) in [5.74, 6) is -0.287. The summed E-state index contributed by atoms with van der Waals surface area (Å²) in [7, 11) is 0. The summed E-state index contributed by atoms with van der Waals surface area (Å²) in [4.78, 5) is 38.1. The highest BCUT2D eigenvalue weighted by molar-refractivity contribution is 8.18. The summed E-state index contributed by atoms with van der Waals surface area (Å²) in [5, 5.41) is 3.49. The lowest BCUT2D eigenvalue weighted by Crippen LogP contribution is -2.27. The molecule has 2 amide bonds. The minimum atomic E-state index is -0.287. The van der Waals surface area contributed by atoms with E-state index in [1.54, 1.807) is 0 Å². The molecule has 1 aliphatic rings. The van der Waals surface area contributed by atoms with E-state index in [4.69, 9.17) is 9.97 Å². The standard InChI is InChI=1S/C31H19N3O2S/c35-30-29(17-23-19-9-1-5-13-25(19)32-26-14-6-2-10-20(23)26)37-31(36)34(30)18-24-21-11-3-7-15-27(21)33-28-16-8-4-12-22(24)28/h1-17H,18H2/b29-17-. The molecule has 0 bridgehead atoms. The van der Waals surface area contributed by atoms with Gasteiger partial charge in [0.15, 0.2) is 0 Å². The molecule has 1 saturated heterocycles. The summed E-state index contributed by atoms with van der Waals surface area (Å²) < 4.78 is 0. The Bertz CT molecular complexity index is 1840. The van der Waals surface area contributed by atoms with Crippen molar-refractivity contribution in [3.8, 4) is 0 Å². The van der Waals surface area contributed by atoms with Crippen molar-refractivity contribution < 1.29 is 9.59 Å². The molecule has 5 nitrogen and oxygen atoms in total. The number of hydrogen-bond donors (Lipinski definition) is 0. The van der Waals surface area contributed by atoms with Crippen LogP contribution in [0.15, 0.2) is 102 Å². The predicted molar refractivity (Wildman–Crippen MR) is 150 cm³/mol. The fourth-order valence-electron chi connectivity index (χ4n) is 5.05. The maximum absolute atomic E-state index is 13.7. The second-order valence-electron chi connectivity index (χ2n) is 8.95. The third-order valence-corrected chi connectivity index (χ3v) is 7.70. The van der Waals surface area contributed by atoms with Crippen LogP contribution in [0.2, 0.25) is 0 Å². The smallest absolute Gasteiger partial charge is 0.268 e. The number of carbonyl (C=O) groups is 2. The van der Waals surface area contributed by atoms with E-state index in [-0.39, 0.29) is 17.7 Å². The van der Waals surface area contributed by atoms with Crippen LogP contribution in [-0.4, -0.2) is 26.0 Å². The quantitative estimate of drug-likeness (QED) is 0.189. The number of imide groups is 1. The second kappa shape index (κ2) is 8.54. The minimum absolute atomic E-state index is 0.184. The molecule has 0 aliphatic carbocycles. The number of rotatable bonds is 3. The lowest BCUT2D eigenvalue weighted by atomic mass is 10.0. The summed E-state index contributed by atoms with van der Waals surface area (Å²) >= 11 is 0.986. The molecule has 3 heterocycles. The molecule has 7 rings (SSSR count).